The fraction of sp³-hybridized carbons (Fsp3) is 0.0189. The lowest BCUT2D eigenvalue weighted by Gasteiger charge is -2.20. The molecule has 0 aromatic heterocycles. The summed E-state index contributed by atoms with van der Waals surface area (Å²) in [6, 6.07) is 74.3. The van der Waals surface area contributed by atoms with Crippen LogP contribution >= 0.6 is 0 Å². The predicted molar refractivity (Wildman–Crippen MR) is 238 cm³/mol. The van der Waals surface area contributed by atoms with Gasteiger partial charge in [0.15, 0.2) is 0 Å². The van der Waals surface area contributed by atoms with Gasteiger partial charge in [-0.25, -0.2) is 0 Å². The van der Waals surface area contributed by atoms with Crippen LogP contribution in [0.4, 0.5) is 0 Å². The number of benzene rings is 10. The number of hydrogen-bond donors (Lipinski definition) is 0. The molecule has 0 spiro atoms. The zero-order valence-electron chi connectivity index (χ0n) is 30.3. The van der Waals surface area contributed by atoms with Crippen molar-refractivity contribution in [3.05, 3.63) is 200 Å². The van der Waals surface area contributed by atoms with Gasteiger partial charge in [0.2, 0.25) is 0 Å². The van der Waals surface area contributed by atoms with E-state index in [0.29, 0.717) is 0 Å². The Morgan fingerprint density at radius 3 is 1.37 bits per heavy atom. The van der Waals surface area contributed by atoms with Crippen molar-refractivity contribution in [1.29, 1.82) is 0 Å². The molecule has 0 saturated carbocycles. The summed E-state index contributed by atoms with van der Waals surface area (Å²) in [5, 5.41) is 11.6. The smallest absolute Gasteiger partial charge is 0.0525 e. The molecular weight excluding hydrogens is 665 g/mol. The lowest BCUT2D eigenvalue weighted by Crippen LogP contribution is -2.14. The summed E-state index contributed by atoms with van der Waals surface area (Å²) in [7, 11) is -0.522. The Morgan fingerprint density at radius 1 is 0.278 bits per heavy atom. The van der Waals surface area contributed by atoms with Crippen molar-refractivity contribution < 1.29 is 0 Å². The molecule has 0 aliphatic carbocycles. The van der Waals surface area contributed by atoms with Crippen LogP contribution in [0, 0.1) is 0 Å². The molecule has 10 aromatic carbocycles. The van der Waals surface area contributed by atoms with Gasteiger partial charge in [0.25, 0.3) is 0 Å². The second-order valence-corrected chi connectivity index (χ2v) is 15.8. The molecule has 0 nitrogen and oxygen atoms in total. The van der Waals surface area contributed by atoms with Crippen LogP contribution in [-0.2, 0) is 0 Å². The highest BCUT2D eigenvalue weighted by Crippen LogP contribution is 2.46. The maximum absolute atomic E-state index is 2.48. The highest BCUT2D eigenvalue weighted by atomic mass is 28.2. The molecule has 0 aliphatic rings. The van der Waals surface area contributed by atoms with Gasteiger partial charge in [-0.3, -0.25) is 0 Å². The van der Waals surface area contributed by atoms with E-state index in [1.807, 2.05) is 0 Å². The summed E-state index contributed by atoms with van der Waals surface area (Å²) < 4.78 is 0. The molecule has 0 heterocycles. The number of hydrogen-bond acceptors (Lipinski definition) is 0. The first kappa shape index (κ1) is 32.1. The van der Waals surface area contributed by atoms with Crippen LogP contribution in [0.15, 0.2) is 200 Å². The lowest BCUT2D eigenvalue weighted by atomic mass is 9.84. The van der Waals surface area contributed by atoms with Crippen LogP contribution in [0.3, 0.4) is 0 Å². The average Bonchev–Trinajstić information content (AvgIpc) is 3.25. The first-order valence-corrected chi connectivity index (χ1v) is 21.1. The Kier molecular flexibility index (Phi) is 8.01. The molecule has 0 N–H and O–H groups in total. The van der Waals surface area contributed by atoms with Crippen molar-refractivity contribution >= 4 is 57.8 Å². The van der Waals surface area contributed by atoms with Crippen molar-refractivity contribution in [3.63, 3.8) is 0 Å². The van der Waals surface area contributed by atoms with Gasteiger partial charge in [0, 0.05) is 0 Å². The summed E-state index contributed by atoms with van der Waals surface area (Å²) in [6.45, 7) is 2.42. The third-order valence-electron chi connectivity index (χ3n) is 11.2. The Labute approximate surface area is 318 Å². The SMILES string of the molecule is C[SiH2]c1cc(-c2ccccc2-c2ccccc2)ccc1-c1ccc2c(-c3ccc4ccccc4c3)c3ccccc3c(-c3ccc4ccccc4c3)c2c1. The third kappa shape index (κ3) is 5.53. The molecule has 254 valence electrons. The fourth-order valence-corrected chi connectivity index (χ4v) is 9.72. The molecule has 0 amide bonds. The minimum atomic E-state index is -0.522. The summed E-state index contributed by atoms with van der Waals surface area (Å²) in [6.07, 6.45) is 0. The topological polar surface area (TPSA) is 0 Å². The van der Waals surface area contributed by atoms with E-state index in [1.165, 1.54) is 104 Å². The predicted octanol–water partition coefficient (Wildman–Crippen LogP) is 13.5. The molecule has 0 atom stereocenters. The van der Waals surface area contributed by atoms with E-state index in [9.17, 15) is 0 Å². The highest BCUT2D eigenvalue weighted by molar-refractivity contribution is 6.54. The van der Waals surface area contributed by atoms with Crippen LogP contribution < -0.4 is 5.19 Å². The molecule has 0 unspecified atom stereocenters. The van der Waals surface area contributed by atoms with E-state index >= 15 is 0 Å². The second kappa shape index (κ2) is 13.5. The van der Waals surface area contributed by atoms with Gasteiger partial charge in [-0.2, -0.15) is 0 Å². The van der Waals surface area contributed by atoms with E-state index in [0.717, 1.165) is 0 Å². The molecular formula is C53H38Si. The Bertz CT molecular complexity index is 3030. The van der Waals surface area contributed by atoms with Gasteiger partial charge < -0.3 is 0 Å². The summed E-state index contributed by atoms with van der Waals surface area (Å²) in [4.78, 5) is 0. The maximum Gasteiger partial charge on any atom is 0.0525 e. The maximum atomic E-state index is 2.48. The van der Waals surface area contributed by atoms with E-state index in [-0.39, 0.29) is 0 Å². The van der Waals surface area contributed by atoms with Gasteiger partial charge in [-0.15, -0.1) is 0 Å². The van der Waals surface area contributed by atoms with Crippen molar-refractivity contribution in [2.45, 2.75) is 6.55 Å². The van der Waals surface area contributed by atoms with Crippen LogP contribution in [0.5, 0.6) is 0 Å². The quantitative estimate of drug-likeness (QED) is 0.120. The van der Waals surface area contributed by atoms with Crippen molar-refractivity contribution in [2.24, 2.45) is 0 Å². The van der Waals surface area contributed by atoms with Crippen LogP contribution in [0.1, 0.15) is 0 Å². The van der Waals surface area contributed by atoms with E-state index in [4.69, 9.17) is 0 Å². The molecule has 0 aliphatic heterocycles. The molecule has 0 saturated heterocycles. The highest BCUT2D eigenvalue weighted by Gasteiger charge is 2.19. The molecule has 0 bridgehead atoms. The van der Waals surface area contributed by atoms with Crippen LogP contribution in [0.2, 0.25) is 6.55 Å². The molecule has 10 rings (SSSR count). The summed E-state index contributed by atoms with van der Waals surface area (Å²) in [5.41, 5.74) is 12.8. The van der Waals surface area contributed by atoms with Gasteiger partial charge in [0.05, 0.1) is 9.52 Å². The Hall–Kier alpha value is -6.54. The molecule has 10 aromatic rings. The largest absolute Gasteiger partial charge is 0.0708 e. The minimum absolute atomic E-state index is 0.522. The monoisotopic (exact) mass is 702 g/mol. The third-order valence-corrected chi connectivity index (χ3v) is 12.6. The number of fused-ring (bicyclic) bond motifs is 4. The van der Waals surface area contributed by atoms with Gasteiger partial charge in [-0.05, 0) is 117 Å². The van der Waals surface area contributed by atoms with E-state index < -0.39 is 9.52 Å². The molecule has 54 heavy (non-hydrogen) atoms. The van der Waals surface area contributed by atoms with Gasteiger partial charge >= 0.3 is 0 Å². The van der Waals surface area contributed by atoms with Gasteiger partial charge in [0.1, 0.15) is 0 Å². The van der Waals surface area contributed by atoms with Crippen LogP contribution in [-0.4, -0.2) is 9.52 Å². The van der Waals surface area contributed by atoms with E-state index in [1.54, 1.807) is 0 Å². The summed E-state index contributed by atoms with van der Waals surface area (Å²) in [5.74, 6) is 0. The minimum Gasteiger partial charge on any atom is -0.0708 e. The van der Waals surface area contributed by atoms with Gasteiger partial charge in [-0.1, -0.05) is 194 Å². The normalized spacial score (nSPS) is 11.7. The zero-order valence-corrected chi connectivity index (χ0v) is 31.7. The van der Waals surface area contributed by atoms with Crippen molar-refractivity contribution in [1.82, 2.24) is 0 Å². The number of rotatable bonds is 6. The Morgan fingerprint density at radius 2 is 0.741 bits per heavy atom. The lowest BCUT2D eigenvalue weighted by molar-refractivity contribution is 1.58. The first-order chi connectivity index (χ1) is 26.7. The molecule has 0 fully saturated rings. The Balaban J connectivity index is 1.22. The summed E-state index contributed by atoms with van der Waals surface area (Å²) >= 11 is 0. The first-order valence-electron chi connectivity index (χ1n) is 19.0. The fourth-order valence-electron chi connectivity index (χ4n) is 8.60. The standard InChI is InChI=1S/C53H38Si/c1-54-51-34-41(45-20-10-9-19-44(45)37-15-3-2-4-16-37)27-29-46(51)40-28-30-49-50(33-40)53(43-26-24-36-14-6-8-18-39(36)32-43)48-22-12-11-21-47(48)52(49)42-25-23-35-13-5-7-17-38(35)31-42/h2-34H,54H2,1H3. The van der Waals surface area contributed by atoms with E-state index in [2.05, 4.69) is 207 Å². The van der Waals surface area contributed by atoms with Crippen molar-refractivity contribution in [3.8, 4) is 55.6 Å². The molecule has 1 heteroatoms. The second-order valence-electron chi connectivity index (χ2n) is 14.3. The average molecular weight is 703 g/mol. The van der Waals surface area contributed by atoms with Crippen molar-refractivity contribution in [2.75, 3.05) is 0 Å². The zero-order chi connectivity index (χ0) is 36.0. The van der Waals surface area contributed by atoms with Crippen LogP contribution in [0.25, 0.3) is 98.7 Å². The molecule has 0 radical (unpaired) electrons.